The second-order valence-electron chi connectivity index (χ2n) is 6.64. The Morgan fingerprint density at radius 3 is 2.84 bits per heavy atom. The van der Waals surface area contributed by atoms with Crippen molar-refractivity contribution in [3.05, 3.63) is 36.4 Å². The highest BCUT2D eigenvalue weighted by Gasteiger charge is 2.30. The van der Waals surface area contributed by atoms with E-state index in [1.165, 1.54) is 0 Å². The minimum absolute atomic E-state index is 0.133. The summed E-state index contributed by atoms with van der Waals surface area (Å²) in [5.41, 5.74) is 0.972. The Morgan fingerprint density at radius 2 is 2.04 bits per heavy atom. The van der Waals surface area contributed by atoms with Crippen molar-refractivity contribution in [2.75, 3.05) is 32.8 Å². The second-order valence-corrected chi connectivity index (χ2v) is 7.87. The van der Waals surface area contributed by atoms with Gasteiger partial charge in [-0.3, -0.25) is 9.69 Å². The number of carbonyl (C=O) groups excluding carboxylic acids is 1. The number of aromatic nitrogens is 1. The Hall–Kier alpha value is -1.63. The lowest BCUT2D eigenvalue weighted by Gasteiger charge is -2.29. The predicted octanol–water partition coefficient (Wildman–Crippen LogP) is 2.31. The van der Waals surface area contributed by atoms with Crippen LogP contribution < -0.4 is 5.32 Å². The third-order valence-corrected chi connectivity index (χ3v) is 5.70. The van der Waals surface area contributed by atoms with Crippen LogP contribution >= 0.6 is 11.8 Å². The average Bonchev–Trinajstić information content (AvgIpc) is 3.46. The largest absolute Gasteiger partial charge is 0.379 e. The summed E-state index contributed by atoms with van der Waals surface area (Å²) in [6.45, 7) is 4.00. The van der Waals surface area contributed by atoms with Gasteiger partial charge in [0.1, 0.15) is 5.25 Å². The topological polar surface area (TPSA) is 54.5 Å². The van der Waals surface area contributed by atoms with E-state index in [0.717, 1.165) is 61.6 Å². The molecule has 132 valence electrons. The average molecular weight is 357 g/mol. The zero-order valence-electron chi connectivity index (χ0n) is 14.2. The lowest BCUT2D eigenvalue weighted by molar-refractivity contribution is -0.121. The van der Waals surface area contributed by atoms with Crippen LogP contribution in [-0.2, 0) is 9.53 Å². The van der Waals surface area contributed by atoms with E-state index in [0.29, 0.717) is 6.04 Å². The van der Waals surface area contributed by atoms with E-state index in [1.54, 1.807) is 11.8 Å². The minimum Gasteiger partial charge on any atom is -0.379 e. The molecule has 1 amide bonds. The van der Waals surface area contributed by atoms with Crippen LogP contribution in [0.5, 0.6) is 0 Å². The van der Waals surface area contributed by atoms with Crippen molar-refractivity contribution in [2.45, 2.75) is 29.2 Å². The van der Waals surface area contributed by atoms with E-state index < -0.39 is 0 Å². The van der Waals surface area contributed by atoms with Crippen LogP contribution in [0.15, 0.2) is 41.4 Å². The summed E-state index contributed by atoms with van der Waals surface area (Å²) in [5, 5.41) is 5.04. The molecule has 1 N–H and O–H groups in total. The number of nitrogens with zero attached hydrogens (tertiary/aromatic N) is 2. The van der Waals surface area contributed by atoms with Gasteiger partial charge in [0.05, 0.1) is 23.8 Å². The number of pyridine rings is 1. The normalized spacial score (nSPS) is 19.7. The van der Waals surface area contributed by atoms with Crippen molar-refractivity contribution in [2.24, 2.45) is 0 Å². The molecule has 5 nitrogen and oxygen atoms in total. The molecule has 1 aromatic carbocycles. The van der Waals surface area contributed by atoms with Crippen LogP contribution in [0.1, 0.15) is 12.8 Å². The first kappa shape index (κ1) is 16.8. The van der Waals surface area contributed by atoms with Gasteiger partial charge in [0, 0.05) is 31.1 Å². The molecule has 1 aliphatic carbocycles. The van der Waals surface area contributed by atoms with Crippen LogP contribution in [-0.4, -0.2) is 59.9 Å². The van der Waals surface area contributed by atoms with Gasteiger partial charge in [0.15, 0.2) is 0 Å². The lowest BCUT2D eigenvalue weighted by Crippen LogP contribution is -2.45. The number of para-hydroxylation sites is 1. The van der Waals surface area contributed by atoms with Crippen molar-refractivity contribution in [3.8, 4) is 0 Å². The molecule has 2 aromatic rings. The summed E-state index contributed by atoms with van der Waals surface area (Å²) >= 11 is 1.57. The van der Waals surface area contributed by atoms with Crippen LogP contribution in [0, 0.1) is 0 Å². The second kappa shape index (κ2) is 7.72. The molecule has 4 rings (SSSR count). The van der Waals surface area contributed by atoms with Gasteiger partial charge in [-0.15, -0.1) is 0 Å². The molecule has 1 saturated heterocycles. The molecule has 2 heterocycles. The maximum absolute atomic E-state index is 12.7. The molecule has 1 aromatic heterocycles. The summed E-state index contributed by atoms with van der Waals surface area (Å²) in [6, 6.07) is 12.6. The van der Waals surface area contributed by atoms with Gasteiger partial charge in [0.2, 0.25) is 5.91 Å². The minimum atomic E-state index is -0.146. The number of thioether (sulfide) groups is 1. The third-order valence-electron chi connectivity index (χ3n) is 4.58. The molecule has 1 atom stereocenters. The van der Waals surface area contributed by atoms with Crippen molar-refractivity contribution >= 4 is 28.6 Å². The van der Waals surface area contributed by atoms with Crippen LogP contribution in [0.25, 0.3) is 10.9 Å². The maximum atomic E-state index is 12.7. The number of nitrogens with one attached hydrogen (secondary N) is 1. The molecule has 2 aliphatic rings. The monoisotopic (exact) mass is 357 g/mol. The zero-order chi connectivity index (χ0) is 17.1. The zero-order valence-corrected chi connectivity index (χ0v) is 15.0. The fraction of sp³-hybridized carbons (Fsp3) is 0.474. The molecule has 1 saturated carbocycles. The predicted molar refractivity (Wildman–Crippen MR) is 99.8 cm³/mol. The van der Waals surface area contributed by atoms with E-state index in [1.807, 2.05) is 24.3 Å². The Labute approximate surface area is 152 Å². The fourth-order valence-electron chi connectivity index (χ4n) is 2.97. The number of morpholine rings is 1. The molecular formula is C19H23N3O2S. The standard InChI is InChI=1S/C19H23N3O2S/c23-19(20-15-6-7-15)17(13-22-9-11-24-12-10-22)25-18-8-5-14-3-1-2-4-16(14)21-18/h1-5,8,15,17H,6-7,9-13H2,(H,20,23). The van der Waals surface area contributed by atoms with Crippen LogP contribution in [0.3, 0.4) is 0 Å². The number of carbonyl (C=O) groups is 1. The molecule has 25 heavy (non-hydrogen) atoms. The van der Waals surface area contributed by atoms with E-state index in [4.69, 9.17) is 9.72 Å². The molecule has 1 unspecified atom stereocenters. The highest BCUT2D eigenvalue weighted by atomic mass is 32.2. The summed E-state index contributed by atoms with van der Waals surface area (Å²) in [5.74, 6) is 0.133. The van der Waals surface area contributed by atoms with E-state index in [2.05, 4.69) is 22.3 Å². The van der Waals surface area contributed by atoms with Crippen molar-refractivity contribution in [1.29, 1.82) is 0 Å². The molecular weight excluding hydrogens is 334 g/mol. The van der Waals surface area contributed by atoms with Crippen LogP contribution in [0.2, 0.25) is 0 Å². The number of fused-ring (bicyclic) bond motifs is 1. The Morgan fingerprint density at radius 1 is 1.24 bits per heavy atom. The van der Waals surface area contributed by atoms with Gasteiger partial charge in [0.25, 0.3) is 0 Å². The summed E-state index contributed by atoms with van der Waals surface area (Å²) in [4.78, 5) is 19.8. The van der Waals surface area contributed by atoms with E-state index in [9.17, 15) is 4.79 Å². The van der Waals surface area contributed by atoms with Crippen LogP contribution in [0.4, 0.5) is 0 Å². The van der Waals surface area contributed by atoms with Gasteiger partial charge in [-0.25, -0.2) is 4.98 Å². The highest BCUT2D eigenvalue weighted by Crippen LogP contribution is 2.27. The molecule has 0 bridgehead atoms. The Kier molecular flexibility index (Phi) is 5.20. The van der Waals surface area contributed by atoms with Gasteiger partial charge in [-0.2, -0.15) is 0 Å². The lowest BCUT2D eigenvalue weighted by atomic mass is 10.2. The number of rotatable bonds is 6. The van der Waals surface area contributed by atoms with E-state index in [-0.39, 0.29) is 11.2 Å². The maximum Gasteiger partial charge on any atom is 0.235 e. The summed E-state index contributed by atoms with van der Waals surface area (Å²) < 4.78 is 5.42. The summed E-state index contributed by atoms with van der Waals surface area (Å²) in [7, 11) is 0. The first-order chi connectivity index (χ1) is 12.3. The smallest absolute Gasteiger partial charge is 0.235 e. The van der Waals surface area contributed by atoms with Gasteiger partial charge < -0.3 is 10.1 Å². The Balaban J connectivity index is 1.49. The Bertz CT molecular complexity index is 744. The molecule has 1 aliphatic heterocycles. The van der Waals surface area contributed by atoms with Crippen molar-refractivity contribution in [1.82, 2.24) is 15.2 Å². The quantitative estimate of drug-likeness (QED) is 0.804. The third kappa shape index (κ3) is 4.51. The SMILES string of the molecule is O=C(NC1CC1)C(CN1CCOCC1)Sc1ccc2ccccc2n1. The number of hydrogen-bond acceptors (Lipinski definition) is 5. The highest BCUT2D eigenvalue weighted by molar-refractivity contribution is 8.00. The van der Waals surface area contributed by atoms with Gasteiger partial charge >= 0.3 is 0 Å². The van der Waals surface area contributed by atoms with Crippen molar-refractivity contribution in [3.63, 3.8) is 0 Å². The molecule has 0 spiro atoms. The van der Waals surface area contributed by atoms with Gasteiger partial charge in [-0.1, -0.05) is 36.0 Å². The first-order valence-corrected chi connectivity index (χ1v) is 9.79. The molecule has 0 radical (unpaired) electrons. The molecule has 2 fully saturated rings. The number of amides is 1. The number of ether oxygens (including phenoxy) is 1. The van der Waals surface area contributed by atoms with Crippen molar-refractivity contribution < 1.29 is 9.53 Å². The number of benzene rings is 1. The number of hydrogen-bond donors (Lipinski definition) is 1. The first-order valence-electron chi connectivity index (χ1n) is 8.91. The fourth-order valence-corrected chi connectivity index (χ4v) is 4.02. The molecule has 6 heteroatoms. The van der Waals surface area contributed by atoms with Gasteiger partial charge in [-0.05, 0) is 25.0 Å². The summed E-state index contributed by atoms with van der Waals surface area (Å²) in [6.07, 6.45) is 2.21. The van der Waals surface area contributed by atoms with E-state index >= 15 is 0 Å².